The van der Waals surface area contributed by atoms with Gasteiger partial charge in [0.05, 0.1) is 10.0 Å². The van der Waals surface area contributed by atoms with Crippen LogP contribution in [0.4, 0.5) is 0 Å². The minimum atomic E-state index is 0.532. The van der Waals surface area contributed by atoms with Gasteiger partial charge in [0.25, 0.3) is 0 Å². The molecule has 18 heavy (non-hydrogen) atoms. The molecule has 1 rings (SSSR count). The lowest BCUT2D eigenvalue weighted by molar-refractivity contribution is 0.434. The van der Waals surface area contributed by atoms with E-state index in [0.29, 0.717) is 22.0 Å². The first-order valence-electron chi connectivity index (χ1n) is 6.35. The summed E-state index contributed by atoms with van der Waals surface area (Å²) in [4.78, 5) is 1.17. The second-order valence-corrected chi connectivity index (χ2v) is 6.60. The van der Waals surface area contributed by atoms with E-state index in [4.69, 9.17) is 23.2 Å². The van der Waals surface area contributed by atoms with Crippen molar-refractivity contribution in [2.75, 3.05) is 12.3 Å². The van der Waals surface area contributed by atoms with Gasteiger partial charge in [0.1, 0.15) is 0 Å². The Morgan fingerprint density at radius 3 is 2.50 bits per heavy atom. The number of nitrogens with one attached hydrogen (secondary N) is 1. The van der Waals surface area contributed by atoms with Crippen molar-refractivity contribution in [3.8, 4) is 0 Å². The van der Waals surface area contributed by atoms with E-state index in [0.717, 1.165) is 12.3 Å². The zero-order chi connectivity index (χ0) is 13.5. The molecule has 0 aliphatic heterocycles. The summed E-state index contributed by atoms with van der Waals surface area (Å²) in [6.45, 7) is 7.77. The third kappa shape index (κ3) is 5.40. The van der Waals surface area contributed by atoms with E-state index in [2.05, 4.69) is 26.1 Å². The molecule has 1 atom stereocenters. The van der Waals surface area contributed by atoms with Crippen molar-refractivity contribution in [2.24, 2.45) is 5.92 Å². The highest BCUT2D eigenvalue weighted by Gasteiger charge is 2.12. The zero-order valence-corrected chi connectivity index (χ0v) is 13.5. The second kappa shape index (κ2) is 8.31. The monoisotopic (exact) mass is 305 g/mol. The lowest BCUT2D eigenvalue weighted by Crippen LogP contribution is -2.36. The highest BCUT2D eigenvalue weighted by Crippen LogP contribution is 2.28. The van der Waals surface area contributed by atoms with Crippen molar-refractivity contribution in [1.29, 1.82) is 0 Å². The van der Waals surface area contributed by atoms with Gasteiger partial charge in [-0.15, -0.1) is 11.8 Å². The summed E-state index contributed by atoms with van der Waals surface area (Å²) in [6.07, 6.45) is 1.17. The first-order chi connectivity index (χ1) is 8.54. The molecule has 0 radical (unpaired) electrons. The van der Waals surface area contributed by atoms with Gasteiger partial charge in [0.2, 0.25) is 0 Å². The average Bonchev–Trinajstić information content (AvgIpc) is 2.33. The Morgan fingerprint density at radius 1 is 1.22 bits per heavy atom. The van der Waals surface area contributed by atoms with E-state index in [1.165, 1.54) is 11.3 Å². The molecule has 0 saturated carbocycles. The largest absolute Gasteiger partial charge is 0.313 e. The first-order valence-corrected chi connectivity index (χ1v) is 8.10. The van der Waals surface area contributed by atoms with Crippen LogP contribution in [0.2, 0.25) is 10.0 Å². The predicted molar refractivity (Wildman–Crippen MR) is 84.1 cm³/mol. The molecule has 1 aromatic carbocycles. The molecule has 1 nitrogen and oxygen atoms in total. The van der Waals surface area contributed by atoms with Crippen LogP contribution in [-0.4, -0.2) is 18.3 Å². The van der Waals surface area contributed by atoms with Gasteiger partial charge in [-0.05, 0) is 37.1 Å². The quantitative estimate of drug-likeness (QED) is 0.703. The van der Waals surface area contributed by atoms with Crippen LogP contribution in [0.5, 0.6) is 0 Å². The summed E-state index contributed by atoms with van der Waals surface area (Å²) in [5.41, 5.74) is 0. The molecule has 1 aromatic rings. The van der Waals surface area contributed by atoms with Crippen LogP contribution in [0.15, 0.2) is 23.1 Å². The molecule has 0 spiro atoms. The normalized spacial score (nSPS) is 13.0. The fourth-order valence-corrected chi connectivity index (χ4v) is 3.17. The lowest BCUT2D eigenvalue weighted by Gasteiger charge is -2.22. The van der Waals surface area contributed by atoms with Crippen LogP contribution in [0.3, 0.4) is 0 Å². The molecule has 0 aliphatic carbocycles. The van der Waals surface area contributed by atoms with Crippen LogP contribution < -0.4 is 5.32 Å². The van der Waals surface area contributed by atoms with E-state index >= 15 is 0 Å². The van der Waals surface area contributed by atoms with Crippen LogP contribution in [0.1, 0.15) is 27.2 Å². The molecule has 0 bridgehead atoms. The maximum absolute atomic E-state index is 6.01. The van der Waals surface area contributed by atoms with E-state index in [1.807, 2.05) is 30.0 Å². The van der Waals surface area contributed by atoms with Crippen LogP contribution >= 0.6 is 35.0 Å². The minimum Gasteiger partial charge on any atom is -0.313 e. The van der Waals surface area contributed by atoms with Gasteiger partial charge in [0.15, 0.2) is 0 Å². The summed E-state index contributed by atoms with van der Waals surface area (Å²) in [6, 6.07) is 6.35. The Kier molecular flexibility index (Phi) is 7.47. The van der Waals surface area contributed by atoms with Gasteiger partial charge in [0, 0.05) is 16.7 Å². The summed E-state index contributed by atoms with van der Waals surface area (Å²) < 4.78 is 0. The smallest absolute Gasteiger partial charge is 0.0603 e. The standard InChI is InChI=1S/C14H21Cl2NS/c1-4-7-17-14(10(2)3)9-18-11-5-6-12(15)13(16)8-11/h5-6,8,10,14,17H,4,7,9H2,1-3H3. The first kappa shape index (κ1) is 16.2. The molecular formula is C14H21Cl2NS. The topological polar surface area (TPSA) is 12.0 Å². The Bertz CT molecular complexity index is 369. The summed E-state index contributed by atoms with van der Waals surface area (Å²) >= 11 is 13.7. The number of thioether (sulfide) groups is 1. The lowest BCUT2D eigenvalue weighted by atomic mass is 10.1. The van der Waals surface area contributed by atoms with Gasteiger partial charge in [-0.1, -0.05) is 44.0 Å². The molecule has 0 amide bonds. The van der Waals surface area contributed by atoms with E-state index in [1.54, 1.807) is 0 Å². The van der Waals surface area contributed by atoms with Crippen molar-refractivity contribution in [1.82, 2.24) is 5.32 Å². The molecule has 0 saturated heterocycles. The van der Waals surface area contributed by atoms with E-state index in [9.17, 15) is 0 Å². The fourth-order valence-electron chi connectivity index (χ4n) is 1.57. The Balaban J connectivity index is 2.52. The molecule has 0 aliphatic rings. The van der Waals surface area contributed by atoms with Gasteiger partial charge in [-0.25, -0.2) is 0 Å². The third-order valence-electron chi connectivity index (χ3n) is 2.78. The van der Waals surface area contributed by atoms with Crippen molar-refractivity contribution >= 4 is 35.0 Å². The molecule has 0 aromatic heterocycles. The van der Waals surface area contributed by atoms with Crippen molar-refractivity contribution in [3.05, 3.63) is 28.2 Å². The molecule has 0 heterocycles. The predicted octanol–water partition coefficient (Wildman–Crippen LogP) is 5.11. The number of halogens is 2. The molecule has 1 N–H and O–H groups in total. The fraction of sp³-hybridized carbons (Fsp3) is 0.571. The van der Waals surface area contributed by atoms with Crippen LogP contribution in [0, 0.1) is 5.92 Å². The van der Waals surface area contributed by atoms with Gasteiger partial charge in [-0.3, -0.25) is 0 Å². The summed E-state index contributed by atoms with van der Waals surface area (Å²) in [7, 11) is 0. The number of rotatable bonds is 7. The van der Waals surface area contributed by atoms with Gasteiger partial charge < -0.3 is 5.32 Å². The number of benzene rings is 1. The minimum absolute atomic E-state index is 0.532. The van der Waals surface area contributed by atoms with Crippen LogP contribution in [0.25, 0.3) is 0 Å². The van der Waals surface area contributed by atoms with E-state index in [-0.39, 0.29) is 0 Å². The SMILES string of the molecule is CCCNC(CSc1ccc(Cl)c(Cl)c1)C(C)C. The second-order valence-electron chi connectivity index (χ2n) is 4.69. The van der Waals surface area contributed by atoms with Crippen molar-refractivity contribution in [2.45, 2.75) is 38.1 Å². The molecule has 102 valence electrons. The van der Waals surface area contributed by atoms with Crippen LogP contribution in [-0.2, 0) is 0 Å². The molecule has 0 fully saturated rings. The van der Waals surface area contributed by atoms with E-state index < -0.39 is 0 Å². The molecular weight excluding hydrogens is 285 g/mol. The zero-order valence-electron chi connectivity index (χ0n) is 11.2. The Hall–Kier alpha value is 0.110. The third-order valence-corrected chi connectivity index (χ3v) is 4.63. The van der Waals surface area contributed by atoms with Gasteiger partial charge in [-0.2, -0.15) is 0 Å². The summed E-state index contributed by atoms with van der Waals surface area (Å²) in [5.74, 6) is 1.68. The average molecular weight is 306 g/mol. The Morgan fingerprint density at radius 2 is 1.94 bits per heavy atom. The number of hydrogen-bond donors (Lipinski definition) is 1. The summed E-state index contributed by atoms with van der Waals surface area (Å²) in [5, 5.41) is 4.83. The van der Waals surface area contributed by atoms with Crippen molar-refractivity contribution in [3.63, 3.8) is 0 Å². The Labute approximate surface area is 125 Å². The highest BCUT2D eigenvalue weighted by molar-refractivity contribution is 7.99. The van der Waals surface area contributed by atoms with Gasteiger partial charge >= 0.3 is 0 Å². The highest BCUT2D eigenvalue weighted by atomic mass is 35.5. The van der Waals surface area contributed by atoms with Crippen molar-refractivity contribution < 1.29 is 0 Å². The molecule has 4 heteroatoms. The maximum atomic E-state index is 6.01. The maximum Gasteiger partial charge on any atom is 0.0603 e. The molecule has 1 unspecified atom stereocenters. The number of hydrogen-bond acceptors (Lipinski definition) is 2.